The van der Waals surface area contributed by atoms with E-state index in [4.69, 9.17) is 11.6 Å². The highest BCUT2D eigenvalue weighted by atomic mass is 35.5. The molecule has 18 heavy (non-hydrogen) atoms. The lowest BCUT2D eigenvalue weighted by Gasteiger charge is -2.09. The fraction of sp³-hybridized carbons (Fsp3) is 0.0667. The van der Waals surface area contributed by atoms with Gasteiger partial charge in [-0.1, -0.05) is 30.3 Å². The molecule has 0 spiro atoms. The lowest BCUT2D eigenvalue weighted by atomic mass is 10.00. The monoisotopic (exact) mass is 255 g/mol. The smallest absolute Gasteiger partial charge is 0.253 e. The summed E-state index contributed by atoms with van der Waals surface area (Å²) in [5, 5.41) is 1.21. The number of para-hydroxylation sites is 1. The van der Waals surface area contributed by atoms with Gasteiger partial charge in [-0.2, -0.15) is 0 Å². The molecule has 2 nitrogen and oxygen atoms in total. The number of aryl methyl sites for hydroxylation is 1. The summed E-state index contributed by atoms with van der Waals surface area (Å²) in [4.78, 5) is 16.3. The van der Waals surface area contributed by atoms with E-state index >= 15 is 0 Å². The second kappa shape index (κ2) is 4.07. The Morgan fingerprint density at radius 1 is 1.06 bits per heavy atom. The van der Waals surface area contributed by atoms with Gasteiger partial charge in [0.05, 0.1) is 16.6 Å². The second-order valence-corrected chi connectivity index (χ2v) is 4.59. The first-order chi connectivity index (χ1) is 8.68. The molecule has 3 rings (SSSR count). The fourth-order valence-electron chi connectivity index (χ4n) is 2.32. The molecule has 3 aromatic rings. The second-order valence-electron chi connectivity index (χ2n) is 4.25. The number of rotatable bonds is 1. The van der Waals surface area contributed by atoms with E-state index in [1.54, 1.807) is 0 Å². The standard InChI is InChI=1S/C15H10ClNO/c1-9-5-4-8-12-13(9)14(15(16)18)10-6-2-3-7-11(10)17-12/h2-8H,1H3. The Morgan fingerprint density at radius 2 is 1.78 bits per heavy atom. The average molecular weight is 256 g/mol. The van der Waals surface area contributed by atoms with Crippen LogP contribution in [0.4, 0.5) is 0 Å². The maximum absolute atomic E-state index is 11.8. The molecule has 1 aromatic heterocycles. The van der Waals surface area contributed by atoms with E-state index in [0.717, 1.165) is 27.4 Å². The molecule has 0 saturated carbocycles. The first-order valence-electron chi connectivity index (χ1n) is 5.66. The highest BCUT2D eigenvalue weighted by molar-refractivity contribution is 6.69. The summed E-state index contributed by atoms with van der Waals surface area (Å²) in [6.45, 7) is 1.96. The highest BCUT2D eigenvalue weighted by Gasteiger charge is 2.15. The fourth-order valence-corrected chi connectivity index (χ4v) is 2.52. The SMILES string of the molecule is Cc1cccc2nc3ccccc3c(C(=O)Cl)c12. The van der Waals surface area contributed by atoms with E-state index in [1.165, 1.54) is 0 Å². The summed E-state index contributed by atoms with van der Waals surface area (Å²) in [5.74, 6) is 0. The normalized spacial score (nSPS) is 11.0. The van der Waals surface area contributed by atoms with Crippen LogP contribution in [0.25, 0.3) is 21.8 Å². The van der Waals surface area contributed by atoms with Crippen molar-refractivity contribution in [2.75, 3.05) is 0 Å². The molecule has 0 N–H and O–H groups in total. The van der Waals surface area contributed by atoms with Gasteiger partial charge < -0.3 is 0 Å². The first-order valence-corrected chi connectivity index (χ1v) is 6.04. The predicted molar refractivity (Wildman–Crippen MR) is 74.2 cm³/mol. The quantitative estimate of drug-likeness (QED) is 0.485. The minimum absolute atomic E-state index is 0.437. The van der Waals surface area contributed by atoms with E-state index in [-0.39, 0.29) is 0 Å². The number of carbonyl (C=O) groups is 1. The lowest BCUT2D eigenvalue weighted by molar-refractivity contribution is 0.108. The van der Waals surface area contributed by atoms with E-state index in [2.05, 4.69) is 4.98 Å². The number of carbonyl (C=O) groups excluding carboxylic acids is 1. The van der Waals surface area contributed by atoms with Crippen LogP contribution in [0.1, 0.15) is 15.9 Å². The van der Waals surface area contributed by atoms with Crippen molar-refractivity contribution in [3.05, 3.63) is 53.6 Å². The third-order valence-electron chi connectivity index (χ3n) is 3.11. The van der Waals surface area contributed by atoms with E-state index in [1.807, 2.05) is 49.4 Å². The molecular formula is C15H10ClNO. The molecular weight excluding hydrogens is 246 g/mol. The largest absolute Gasteiger partial charge is 0.276 e. The molecule has 0 aliphatic carbocycles. The Hall–Kier alpha value is -1.93. The van der Waals surface area contributed by atoms with Crippen LogP contribution in [-0.4, -0.2) is 10.2 Å². The Bertz CT molecular complexity index is 780. The van der Waals surface area contributed by atoms with Crippen molar-refractivity contribution in [2.45, 2.75) is 6.92 Å². The first kappa shape index (κ1) is 11.2. The molecule has 88 valence electrons. The van der Waals surface area contributed by atoms with Crippen LogP contribution < -0.4 is 0 Å². The maximum atomic E-state index is 11.8. The van der Waals surface area contributed by atoms with Crippen LogP contribution in [0.15, 0.2) is 42.5 Å². The maximum Gasteiger partial charge on any atom is 0.253 e. The number of benzene rings is 2. The van der Waals surface area contributed by atoms with Crippen LogP contribution >= 0.6 is 11.6 Å². The molecule has 1 heterocycles. The van der Waals surface area contributed by atoms with Crippen molar-refractivity contribution in [2.24, 2.45) is 0 Å². The molecule has 3 heteroatoms. The average Bonchev–Trinajstić information content (AvgIpc) is 2.36. The zero-order valence-corrected chi connectivity index (χ0v) is 10.5. The Balaban J connectivity index is 2.64. The van der Waals surface area contributed by atoms with Gasteiger partial charge in [-0.15, -0.1) is 0 Å². The van der Waals surface area contributed by atoms with Gasteiger partial charge in [0.2, 0.25) is 0 Å². The summed E-state index contributed by atoms with van der Waals surface area (Å²) >= 11 is 5.77. The Morgan fingerprint density at radius 3 is 2.56 bits per heavy atom. The van der Waals surface area contributed by atoms with Crippen LogP contribution in [0.3, 0.4) is 0 Å². The van der Waals surface area contributed by atoms with E-state index in [0.29, 0.717) is 5.56 Å². The van der Waals surface area contributed by atoms with Gasteiger partial charge in [-0.25, -0.2) is 4.98 Å². The minimum atomic E-state index is -0.437. The summed E-state index contributed by atoms with van der Waals surface area (Å²) in [5.41, 5.74) is 3.16. The van der Waals surface area contributed by atoms with Crippen LogP contribution in [0, 0.1) is 6.92 Å². The topological polar surface area (TPSA) is 30.0 Å². The predicted octanol–water partition coefficient (Wildman–Crippen LogP) is 4.08. The van der Waals surface area contributed by atoms with Gasteiger partial charge in [-0.3, -0.25) is 4.79 Å². The van der Waals surface area contributed by atoms with Gasteiger partial charge in [0.1, 0.15) is 0 Å². The number of aromatic nitrogens is 1. The van der Waals surface area contributed by atoms with Crippen LogP contribution in [-0.2, 0) is 0 Å². The molecule has 0 unspecified atom stereocenters. The molecule has 0 bridgehead atoms. The summed E-state index contributed by atoms with van der Waals surface area (Å²) in [6, 6.07) is 13.4. The molecule has 0 fully saturated rings. The number of nitrogens with zero attached hydrogens (tertiary/aromatic N) is 1. The van der Waals surface area contributed by atoms with Gasteiger partial charge >= 0.3 is 0 Å². The molecule has 0 aliphatic heterocycles. The van der Waals surface area contributed by atoms with E-state index < -0.39 is 5.24 Å². The Labute approximate surface area is 109 Å². The molecule has 0 saturated heterocycles. The van der Waals surface area contributed by atoms with Crippen molar-refractivity contribution in [1.29, 1.82) is 0 Å². The van der Waals surface area contributed by atoms with Crippen LogP contribution in [0.2, 0.25) is 0 Å². The van der Waals surface area contributed by atoms with Gasteiger partial charge in [-0.05, 0) is 36.2 Å². The molecule has 0 atom stereocenters. The van der Waals surface area contributed by atoms with Crippen molar-refractivity contribution < 1.29 is 4.79 Å². The summed E-state index contributed by atoms with van der Waals surface area (Å²) < 4.78 is 0. The molecule has 0 aliphatic rings. The third-order valence-corrected chi connectivity index (χ3v) is 3.30. The zero-order valence-electron chi connectivity index (χ0n) is 9.77. The zero-order chi connectivity index (χ0) is 12.7. The van der Waals surface area contributed by atoms with Gasteiger partial charge in [0, 0.05) is 10.8 Å². The van der Waals surface area contributed by atoms with Crippen molar-refractivity contribution in [1.82, 2.24) is 4.98 Å². The minimum Gasteiger partial charge on any atom is -0.276 e. The molecule has 0 amide bonds. The Kier molecular flexibility index (Phi) is 2.53. The summed E-state index contributed by atoms with van der Waals surface area (Å²) in [7, 11) is 0. The van der Waals surface area contributed by atoms with Crippen LogP contribution in [0.5, 0.6) is 0 Å². The van der Waals surface area contributed by atoms with Crippen molar-refractivity contribution in [3.8, 4) is 0 Å². The number of hydrogen-bond acceptors (Lipinski definition) is 2. The number of halogens is 1. The highest BCUT2D eigenvalue weighted by Crippen LogP contribution is 2.29. The number of pyridine rings is 1. The lowest BCUT2D eigenvalue weighted by Crippen LogP contribution is -1.97. The van der Waals surface area contributed by atoms with Crippen molar-refractivity contribution >= 4 is 38.6 Å². The third kappa shape index (κ3) is 1.57. The number of fused-ring (bicyclic) bond motifs is 2. The van der Waals surface area contributed by atoms with Gasteiger partial charge in [0.15, 0.2) is 0 Å². The van der Waals surface area contributed by atoms with Gasteiger partial charge in [0.25, 0.3) is 5.24 Å². The molecule has 2 aromatic carbocycles. The van der Waals surface area contributed by atoms with E-state index in [9.17, 15) is 4.79 Å². The summed E-state index contributed by atoms with van der Waals surface area (Å²) in [6.07, 6.45) is 0. The number of hydrogen-bond donors (Lipinski definition) is 0. The van der Waals surface area contributed by atoms with Crippen molar-refractivity contribution in [3.63, 3.8) is 0 Å². The molecule has 0 radical (unpaired) electrons.